The summed E-state index contributed by atoms with van der Waals surface area (Å²) in [4.78, 5) is 26.3. The fourth-order valence-electron chi connectivity index (χ4n) is 3.97. The Balaban J connectivity index is 1.78. The van der Waals surface area contributed by atoms with Crippen molar-refractivity contribution in [3.8, 4) is 0 Å². The third kappa shape index (κ3) is 1.72. The predicted octanol–water partition coefficient (Wildman–Crippen LogP) is 3.18. The lowest BCUT2D eigenvalue weighted by molar-refractivity contribution is -0.124. The van der Waals surface area contributed by atoms with Crippen molar-refractivity contribution < 1.29 is 14.0 Å². The summed E-state index contributed by atoms with van der Waals surface area (Å²) in [6, 6.07) is 4.03. The summed E-state index contributed by atoms with van der Waals surface area (Å²) in [7, 11) is 0. The van der Waals surface area contributed by atoms with Crippen molar-refractivity contribution in [2.24, 2.45) is 23.7 Å². The van der Waals surface area contributed by atoms with Gasteiger partial charge >= 0.3 is 0 Å². The second kappa shape index (κ2) is 4.41. The molecule has 1 saturated heterocycles. The molecule has 0 unspecified atom stereocenters. The molecule has 3 nitrogen and oxygen atoms in total. The molecule has 2 amide bonds. The third-order valence-electron chi connectivity index (χ3n) is 4.91. The van der Waals surface area contributed by atoms with E-state index in [1.54, 1.807) is 0 Å². The van der Waals surface area contributed by atoms with Crippen LogP contribution in [0.1, 0.15) is 12.8 Å². The van der Waals surface area contributed by atoms with Crippen molar-refractivity contribution in [1.82, 2.24) is 0 Å². The molecular weight excluding hydrogens is 293 g/mol. The van der Waals surface area contributed by atoms with E-state index in [0.29, 0.717) is 0 Å². The molecule has 5 rings (SSSR count). The topological polar surface area (TPSA) is 37.4 Å². The van der Waals surface area contributed by atoms with E-state index in [2.05, 4.69) is 0 Å². The van der Waals surface area contributed by atoms with Gasteiger partial charge in [0.2, 0.25) is 11.8 Å². The number of allylic oxidation sites excluding steroid dienone is 2. The zero-order valence-corrected chi connectivity index (χ0v) is 11.9. The number of halogens is 2. The zero-order chi connectivity index (χ0) is 14.7. The fourth-order valence-corrected chi connectivity index (χ4v) is 4.13. The number of carbonyl (C=O) groups excluding carboxylic acids is 2. The van der Waals surface area contributed by atoms with E-state index in [4.69, 9.17) is 11.6 Å². The number of imide groups is 1. The highest BCUT2D eigenvalue weighted by molar-refractivity contribution is 6.31. The van der Waals surface area contributed by atoms with Gasteiger partial charge in [-0.2, -0.15) is 0 Å². The number of benzene rings is 1. The number of anilines is 1. The maximum atomic E-state index is 14.1. The molecular formula is C16H13ClFNO2. The van der Waals surface area contributed by atoms with Crippen LogP contribution in [0.2, 0.25) is 5.02 Å². The van der Waals surface area contributed by atoms with Gasteiger partial charge in [-0.3, -0.25) is 9.59 Å². The molecule has 1 aliphatic heterocycles. The van der Waals surface area contributed by atoms with Crippen molar-refractivity contribution in [3.63, 3.8) is 0 Å². The summed E-state index contributed by atoms with van der Waals surface area (Å²) in [6.45, 7) is 0. The molecule has 108 valence electrons. The number of hydrogen-bond donors (Lipinski definition) is 0. The molecule has 0 N–H and O–H groups in total. The van der Waals surface area contributed by atoms with Crippen LogP contribution < -0.4 is 4.90 Å². The third-order valence-corrected chi connectivity index (χ3v) is 5.15. The van der Waals surface area contributed by atoms with Crippen molar-refractivity contribution in [2.45, 2.75) is 12.8 Å². The van der Waals surface area contributed by atoms with Crippen LogP contribution in [-0.4, -0.2) is 11.8 Å². The summed E-state index contributed by atoms with van der Waals surface area (Å²) >= 11 is 5.74. The Morgan fingerprint density at radius 3 is 2.10 bits per heavy atom. The Labute approximate surface area is 126 Å². The van der Waals surface area contributed by atoms with E-state index >= 15 is 0 Å². The van der Waals surface area contributed by atoms with Crippen LogP contribution >= 0.6 is 11.6 Å². The van der Waals surface area contributed by atoms with Gasteiger partial charge in [-0.25, -0.2) is 9.29 Å². The first-order chi connectivity index (χ1) is 10.1. The highest BCUT2D eigenvalue weighted by Crippen LogP contribution is 2.50. The number of fused-ring (bicyclic) bond motifs is 1. The summed E-state index contributed by atoms with van der Waals surface area (Å²) in [5.41, 5.74) is 0.0169. The van der Waals surface area contributed by atoms with Gasteiger partial charge in [-0.15, -0.1) is 0 Å². The summed E-state index contributed by atoms with van der Waals surface area (Å²) < 4.78 is 14.1. The Morgan fingerprint density at radius 1 is 1.05 bits per heavy atom. The molecule has 2 bridgehead atoms. The second-order valence-electron chi connectivity index (χ2n) is 5.95. The molecule has 1 heterocycles. The molecule has 0 aromatic heterocycles. The normalized spacial score (nSPS) is 33.7. The second-order valence-corrected chi connectivity index (χ2v) is 6.39. The van der Waals surface area contributed by atoms with Gasteiger partial charge < -0.3 is 0 Å². The van der Waals surface area contributed by atoms with E-state index < -0.39 is 5.82 Å². The van der Waals surface area contributed by atoms with Gasteiger partial charge in [0.1, 0.15) is 5.82 Å². The SMILES string of the molecule is O=C1[C@H]2[C@H](C(=O)N1c1ccc(Cl)cc1F)[C@H]1C=C[C@H]2CC1. The van der Waals surface area contributed by atoms with Gasteiger partial charge in [0, 0.05) is 5.02 Å². The van der Waals surface area contributed by atoms with E-state index in [0.717, 1.165) is 23.8 Å². The Hall–Kier alpha value is -1.68. The number of amides is 2. The van der Waals surface area contributed by atoms with E-state index in [9.17, 15) is 14.0 Å². The molecule has 1 saturated carbocycles. The minimum absolute atomic E-state index is 0.0169. The Kier molecular flexibility index (Phi) is 2.73. The summed E-state index contributed by atoms with van der Waals surface area (Å²) in [5.74, 6) is -1.61. The number of rotatable bonds is 1. The van der Waals surface area contributed by atoms with Crippen molar-refractivity contribution in [2.75, 3.05) is 4.90 Å². The largest absolute Gasteiger partial charge is 0.274 e. The molecule has 4 aliphatic rings. The number of carbonyl (C=O) groups is 2. The predicted molar refractivity (Wildman–Crippen MR) is 76.2 cm³/mol. The monoisotopic (exact) mass is 305 g/mol. The molecule has 3 aliphatic carbocycles. The fraction of sp³-hybridized carbons (Fsp3) is 0.375. The average Bonchev–Trinajstić information content (AvgIpc) is 2.75. The quantitative estimate of drug-likeness (QED) is 0.590. The van der Waals surface area contributed by atoms with Gasteiger partial charge in [0.05, 0.1) is 17.5 Å². The molecule has 0 radical (unpaired) electrons. The van der Waals surface area contributed by atoms with Crippen LogP contribution in [0.4, 0.5) is 10.1 Å². The van der Waals surface area contributed by atoms with Crippen molar-refractivity contribution in [1.29, 1.82) is 0 Å². The number of hydrogen-bond acceptors (Lipinski definition) is 2. The van der Waals surface area contributed by atoms with Crippen LogP contribution in [0.15, 0.2) is 30.4 Å². The molecule has 5 heteroatoms. The van der Waals surface area contributed by atoms with Crippen molar-refractivity contribution in [3.05, 3.63) is 41.2 Å². The van der Waals surface area contributed by atoms with E-state index in [1.165, 1.54) is 12.1 Å². The maximum absolute atomic E-state index is 14.1. The standard InChI is InChI=1S/C16H13ClFNO2/c17-10-5-6-12(11(18)7-10)19-15(20)13-8-1-2-9(4-3-8)14(13)16(19)21/h1-2,5-9,13-14H,3-4H2/t8-,9-,13+,14+/m0/s1. The smallest absolute Gasteiger partial charge is 0.238 e. The minimum Gasteiger partial charge on any atom is -0.274 e. The van der Waals surface area contributed by atoms with E-state index in [1.807, 2.05) is 12.2 Å². The van der Waals surface area contributed by atoms with Gasteiger partial charge in [-0.05, 0) is 42.9 Å². The summed E-state index contributed by atoms with van der Waals surface area (Å²) in [6.07, 6.45) is 5.95. The van der Waals surface area contributed by atoms with Crippen LogP contribution in [-0.2, 0) is 9.59 Å². The highest BCUT2D eigenvalue weighted by atomic mass is 35.5. The molecule has 2 fully saturated rings. The molecule has 1 aromatic rings. The van der Waals surface area contributed by atoms with Crippen LogP contribution in [0.5, 0.6) is 0 Å². The molecule has 1 aromatic carbocycles. The minimum atomic E-state index is -0.636. The molecule has 0 spiro atoms. The van der Waals surface area contributed by atoms with Gasteiger partial charge in [0.25, 0.3) is 0 Å². The zero-order valence-electron chi connectivity index (χ0n) is 11.1. The lowest BCUT2D eigenvalue weighted by Crippen LogP contribution is -2.38. The van der Waals surface area contributed by atoms with Crippen LogP contribution in [0.25, 0.3) is 0 Å². The van der Waals surface area contributed by atoms with Gasteiger partial charge in [-0.1, -0.05) is 23.8 Å². The highest BCUT2D eigenvalue weighted by Gasteiger charge is 2.57. The molecule has 4 atom stereocenters. The molecule has 21 heavy (non-hydrogen) atoms. The average molecular weight is 306 g/mol. The Morgan fingerprint density at radius 2 is 1.62 bits per heavy atom. The summed E-state index contributed by atoms with van der Waals surface area (Å²) in [5, 5.41) is 0.245. The first-order valence-corrected chi connectivity index (χ1v) is 7.47. The van der Waals surface area contributed by atoms with Crippen LogP contribution in [0, 0.1) is 29.5 Å². The lowest BCUT2D eigenvalue weighted by atomic mass is 9.63. The van der Waals surface area contributed by atoms with E-state index in [-0.39, 0.29) is 46.2 Å². The van der Waals surface area contributed by atoms with Gasteiger partial charge in [0.15, 0.2) is 0 Å². The van der Waals surface area contributed by atoms with Crippen molar-refractivity contribution >= 4 is 29.1 Å². The maximum Gasteiger partial charge on any atom is 0.238 e. The first-order valence-electron chi connectivity index (χ1n) is 7.09. The lowest BCUT2D eigenvalue weighted by Gasteiger charge is -2.38. The van der Waals surface area contributed by atoms with Crippen LogP contribution in [0.3, 0.4) is 0 Å². The first kappa shape index (κ1) is 13.0. The number of nitrogens with zero attached hydrogens (tertiary/aromatic N) is 1. The Bertz CT molecular complexity index is 655.